The van der Waals surface area contributed by atoms with Crippen LogP contribution in [0.25, 0.3) is 5.95 Å². The second-order valence-electron chi connectivity index (χ2n) is 5.42. The maximum atomic E-state index is 5.78. The summed E-state index contributed by atoms with van der Waals surface area (Å²) in [6, 6.07) is 2.67. The van der Waals surface area contributed by atoms with Crippen LogP contribution >= 0.6 is 0 Å². The van der Waals surface area contributed by atoms with Crippen molar-refractivity contribution in [2.24, 2.45) is 0 Å². The molecule has 8 heteroatoms. The number of hydrogen-bond acceptors (Lipinski definition) is 7. The quantitative estimate of drug-likeness (QED) is 0.876. The molecule has 1 aliphatic heterocycles. The Labute approximate surface area is 123 Å². The highest BCUT2D eigenvalue weighted by atomic mass is 15.6. The number of nitrogen functional groups attached to an aromatic ring is 1. The second-order valence-corrected chi connectivity index (χ2v) is 5.42. The number of piperidine rings is 1. The smallest absolute Gasteiger partial charge is 0.257 e. The predicted molar refractivity (Wildman–Crippen MR) is 79.6 cm³/mol. The Morgan fingerprint density at radius 2 is 1.95 bits per heavy atom. The van der Waals surface area contributed by atoms with Crippen LogP contribution in [0.2, 0.25) is 0 Å². The molecule has 0 radical (unpaired) electrons. The number of rotatable bonds is 3. The summed E-state index contributed by atoms with van der Waals surface area (Å²) in [5.74, 6) is 1.04. The molecule has 2 aromatic heterocycles. The minimum absolute atomic E-state index is 0.176. The fourth-order valence-corrected chi connectivity index (χ4v) is 2.68. The molecule has 2 atom stereocenters. The van der Waals surface area contributed by atoms with E-state index in [9.17, 15) is 0 Å². The molecule has 8 nitrogen and oxygen atoms in total. The topological polar surface area (TPSA) is 97.8 Å². The number of anilines is 2. The predicted octanol–water partition coefficient (Wildman–Crippen LogP) is 1.23. The van der Waals surface area contributed by atoms with Crippen LogP contribution in [-0.2, 0) is 0 Å². The SMILES string of the molecule is CC1CCCC(C)N1Nc1nc(N)nc(-n2cccn2)n1. The molecule has 0 aromatic carbocycles. The molecule has 2 unspecified atom stereocenters. The summed E-state index contributed by atoms with van der Waals surface area (Å²) in [4.78, 5) is 12.7. The van der Waals surface area contributed by atoms with Gasteiger partial charge >= 0.3 is 0 Å². The number of hydrogen-bond donors (Lipinski definition) is 2. The summed E-state index contributed by atoms with van der Waals surface area (Å²) in [5, 5.41) is 6.30. The number of nitrogens with zero attached hydrogens (tertiary/aromatic N) is 6. The van der Waals surface area contributed by atoms with Gasteiger partial charge in [-0.15, -0.1) is 0 Å². The van der Waals surface area contributed by atoms with E-state index < -0.39 is 0 Å². The lowest BCUT2D eigenvalue weighted by atomic mass is 10.00. The van der Waals surface area contributed by atoms with E-state index in [1.165, 1.54) is 6.42 Å². The zero-order valence-corrected chi connectivity index (χ0v) is 12.3. The van der Waals surface area contributed by atoms with Crippen molar-refractivity contribution in [3.8, 4) is 5.95 Å². The molecule has 21 heavy (non-hydrogen) atoms. The van der Waals surface area contributed by atoms with Crippen LogP contribution < -0.4 is 11.2 Å². The maximum absolute atomic E-state index is 5.78. The third-order valence-corrected chi connectivity index (χ3v) is 3.77. The summed E-state index contributed by atoms with van der Waals surface area (Å²) in [6.07, 6.45) is 7.00. The van der Waals surface area contributed by atoms with Gasteiger partial charge in [-0.2, -0.15) is 20.1 Å². The van der Waals surface area contributed by atoms with Gasteiger partial charge in [-0.1, -0.05) is 6.42 Å². The summed E-state index contributed by atoms with van der Waals surface area (Å²) in [7, 11) is 0. The van der Waals surface area contributed by atoms with Gasteiger partial charge < -0.3 is 5.73 Å². The summed E-state index contributed by atoms with van der Waals surface area (Å²) in [5.41, 5.74) is 9.05. The monoisotopic (exact) mass is 288 g/mol. The number of nitrogens with one attached hydrogen (secondary N) is 1. The van der Waals surface area contributed by atoms with E-state index in [4.69, 9.17) is 5.73 Å². The molecule has 1 fully saturated rings. The van der Waals surface area contributed by atoms with Crippen LogP contribution in [0.15, 0.2) is 18.5 Å². The number of hydrazine groups is 1. The molecule has 112 valence electrons. The number of aromatic nitrogens is 5. The lowest BCUT2D eigenvalue weighted by Gasteiger charge is -2.38. The maximum Gasteiger partial charge on any atom is 0.257 e. The van der Waals surface area contributed by atoms with E-state index in [1.54, 1.807) is 17.1 Å². The summed E-state index contributed by atoms with van der Waals surface area (Å²) < 4.78 is 1.56. The van der Waals surface area contributed by atoms with E-state index >= 15 is 0 Å². The molecular formula is C13H20N8. The first-order valence-corrected chi connectivity index (χ1v) is 7.20. The first kappa shape index (κ1) is 13.7. The molecule has 3 rings (SSSR count). The lowest BCUT2D eigenvalue weighted by Crippen LogP contribution is -2.47. The Hall–Kier alpha value is -2.22. The van der Waals surface area contributed by atoms with Gasteiger partial charge in [0.15, 0.2) is 0 Å². The fraction of sp³-hybridized carbons (Fsp3) is 0.538. The van der Waals surface area contributed by atoms with Crippen molar-refractivity contribution in [3.63, 3.8) is 0 Å². The average Bonchev–Trinajstić information content (AvgIpc) is 2.97. The van der Waals surface area contributed by atoms with Crippen LogP contribution in [-0.4, -0.2) is 41.8 Å². The highest BCUT2D eigenvalue weighted by Gasteiger charge is 2.25. The zero-order valence-electron chi connectivity index (χ0n) is 12.3. The Kier molecular flexibility index (Phi) is 3.70. The van der Waals surface area contributed by atoms with Gasteiger partial charge in [-0.25, -0.2) is 9.69 Å². The summed E-state index contributed by atoms with van der Waals surface area (Å²) >= 11 is 0. The van der Waals surface area contributed by atoms with Crippen LogP contribution in [0.3, 0.4) is 0 Å². The van der Waals surface area contributed by atoms with E-state index in [0.717, 1.165) is 12.8 Å². The average molecular weight is 288 g/mol. The molecule has 3 heterocycles. The Morgan fingerprint density at radius 1 is 1.19 bits per heavy atom. The van der Waals surface area contributed by atoms with Crippen molar-refractivity contribution in [2.45, 2.75) is 45.2 Å². The lowest BCUT2D eigenvalue weighted by molar-refractivity contribution is 0.134. The first-order chi connectivity index (χ1) is 10.1. The number of nitrogens with two attached hydrogens (primary N) is 1. The van der Waals surface area contributed by atoms with Crippen molar-refractivity contribution < 1.29 is 0 Å². The van der Waals surface area contributed by atoms with Gasteiger partial charge in [0.25, 0.3) is 5.95 Å². The first-order valence-electron chi connectivity index (χ1n) is 7.20. The van der Waals surface area contributed by atoms with Gasteiger partial charge in [0.1, 0.15) is 0 Å². The molecule has 0 bridgehead atoms. The summed E-state index contributed by atoms with van der Waals surface area (Å²) in [6.45, 7) is 4.39. The molecule has 0 spiro atoms. The van der Waals surface area contributed by atoms with E-state index in [0.29, 0.717) is 24.0 Å². The van der Waals surface area contributed by atoms with Crippen molar-refractivity contribution in [1.82, 2.24) is 29.7 Å². The minimum atomic E-state index is 0.176. The fourth-order valence-electron chi connectivity index (χ4n) is 2.68. The van der Waals surface area contributed by atoms with Crippen LogP contribution in [0.1, 0.15) is 33.1 Å². The second kappa shape index (κ2) is 5.65. The third-order valence-electron chi connectivity index (χ3n) is 3.77. The molecular weight excluding hydrogens is 268 g/mol. The Bertz CT molecular complexity index is 586. The van der Waals surface area contributed by atoms with Crippen LogP contribution in [0, 0.1) is 0 Å². The van der Waals surface area contributed by atoms with Crippen LogP contribution in [0.5, 0.6) is 0 Å². The Balaban J connectivity index is 1.85. The highest BCUT2D eigenvalue weighted by Crippen LogP contribution is 2.22. The molecule has 1 aliphatic rings. The zero-order chi connectivity index (χ0) is 14.8. The van der Waals surface area contributed by atoms with Crippen molar-refractivity contribution in [3.05, 3.63) is 18.5 Å². The van der Waals surface area contributed by atoms with Crippen molar-refractivity contribution >= 4 is 11.9 Å². The van der Waals surface area contributed by atoms with E-state index in [2.05, 4.69) is 44.3 Å². The normalized spacial score (nSPS) is 23.1. The molecule has 0 aliphatic carbocycles. The van der Waals surface area contributed by atoms with Crippen molar-refractivity contribution in [2.75, 3.05) is 11.2 Å². The Morgan fingerprint density at radius 3 is 2.62 bits per heavy atom. The standard InChI is InChI=1S/C13H20N8/c1-9-5-3-6-10(2)21(9)19-12-16-11(14)17-13(18-12)20-8-4-7-15-20/h4,7-10H,3,5-6H2,1-2H3,(H3,14,16,17,18,19). The van der Waals surface area contributed by atoms with Gasteiger partial charge in [0.05, 0.1) is 0 Å². The molecule has 3 N–H and O–H groups in total. The van der Waals surface area contributed by atoms with Gasteiger partial charge in [0.2, 0.25) is 11.9 Å². The molecule has 2 aromatic rings. The molecule has 0 saturated carbocycles. The largest absolute Gasteiger partial charge is 0.368 e. The molecule has 1 saturated heterocycles. The van der Waals surface area contributed by atoms with Crippen molar-refractivity contribution in [1.29, 1.82) is 0 Å². The minimum Gasteiger partial charge on any atom is -0.368 e. The molecule has 0 amide bonds. The van der Waals surface area contributed by atoms with Gasteiger partial charge in [0, 0.05) is 24.5 Å². The van der Waals surface area contributed by atoms with E-state index in [-0.39, 0.29) is 5.95 Å². The van der Waals surface area contributed by atoms with Gasteiger partial charge in [-0.05, 0) is 32.8 Å². The van der Waals surface area contributed by atoms with E-state index in [1.807, 2.05) is 6.07 Å². The van der Waals surface area contributed by atoms with Gasteiger partial charge in [-0.3, -0.25) is 5.43 Å². The third kappa shape index (κ3) is 2.94. The van der Waals surface area contributed by atoms with Crippen LogP contribution in [0.4, 0.5) is 11.9 Å². The highest BCUT2D eigenvalue weighted by molar-refractivity contribution is 5.34.